The van der Waals surface area contributed by atoms with Gasteiger partial charge >= 0.3 is 0 Å². The van der Waals surface area contributed by atoms with Crippen molar-refractivity contribution >= 4 is 43.7 Å². The number of aromatic nitrogens is 2. The van der Waals surface area contributed by atoms with Gasteiger partial charge in [0.1, 0.15) is 11.2 Å². The van der Waals surface area contributed by atoms with Gasteiger partial charge in [0.2, 0.25) is 0 Å². The molecule has 2 aromatic heterocycles. The summed E-state index contributed by atoms with van der Waals surface area (Å²) in [7, 11) is 0. The minimum Gasteiger partial charge on any atom is -0.455 e. The van der Waals surface area contributed by atoms with Crippen molar-refractivity contribution in [2.45, 2.75) is 0 Å². The van der Waals surface area contributed by atoms with Crippen LogP contribution in [0, 0.1) is 0 Å². The molecule has 3 nitrogen and oxygen atoms in total. The first kappa shape index (κ1) is 25.4. The van der Waals surface area contributed by atoms with E-state index in [0.717, 1.165) is 77.4 Å². The van der Waals surface area contributed by atoms with Gasteiger partial charge < -0.3 is 4.42 Å². The SMILES string of the molecule is c1ccc(-c2ccc(-c3nc4ccccc4nc3-c3cc4c(oc5cccc(-c6ccccc6)c54)c4ccccc34)cc2)cc1. The van der Waals surface area contributed by atoms with Crippen molar-refractivity contribution < 1.29 is 4.42 Å². The average Bonchev–Trinajstić information content (AvgIpc) is 3.51. The van der Waals surface area contributed by atoms with Crippen LogP contribution < -0.4 is 0 Å². The van der Waals surface area contributed by atoms with Crippen LogP contribution >= 0.6 is 0 Å². The number of hydrogen-bond acceptors (Lipinski definition) is 3. The largest absolute Gasteiger partial charge is 0.455 e. The summed E-state index contributed by atoms with van der Waals surface area (Å²) < 4.78 is 6.62. The monoisotopic (exact) mass is 574 g/mol. The van der Waals surface area contributed by atoms with Crippen LogP contribution in [-0.4, -0.2) is 9.97 Å². The zero-order valence-electron chi connectivity index (χ0n) is 24.3. The molecule has 0 amide bonds. The van der Waals surface area contributed by atoms with E-state index in [0.29, 0.717) is 0 Å². The highest BCUT2D eigenvalue weighted by molar-refractivity contribution is 6.22. The van der Waals surface area contributed by atoms with E-state index >= 15 is 0 Å². The zero-order chi connectivity index (χ0) is 29.7. The second-order valence-corrected chi connectivity index (χ2v) is 11.3. The highest BCUT2D eigenvalue weighted by Crippen LogP contribution is 2.44. The smallest absolute Gasteiger partial charge is 0.143 e. The second-order valence-electron chi connectivity index (χ2n) is 11.3. The maximum absolute atomic E-state index is 6.62. The molecular formula is C42H26N2O. The van der Waals surface area contributed by atoms with Crippen LogP contribution in [0.3, 0.4) is 0 Å². The summed E-state index contributed by atoms with van der Waals surface area (Å²) in [6.45, 7) is 0. The van der Waals surface area contributed by atoms with Gasteiger partial charge in [0.25, 0.3) is 0 Å². The lowest BCUT2D eigenvalue weighted by Gasteiger charge is -2.14. The Balaban J connectivity index is 1.35. The third-order valence-electron chi connectivity index (χ3n) is 8.68. The maximum atomic E-state index is 6.62. The predicted octanol–water partition coefficient (Wildman–Crippen LogP) is 11.4. The van der Waals surface area contributed by atoms with Crippen LogP contribution in [-0.2, 0) is 0 Å². The molecular weight excluding hydrogens is 548 g/mol. The fourth-order valence-corrected chi connectivity index (χ4v) is 6.54. The molecule has 0 saturated heterocycles. The minimum absolute atomic E-state index is 0.853. The summed E-state index contributed by atoms with van der Waals surface area (Å²) in [4.78, 5) is 10.6. The van der Waals surface area contributed by atoms with E-state index in [2.05, 4.69) is 127 Å². The van der Waals surface area contributed by atoms with Gasteiger partial charge in [-0.1, -0.05) is 133 Å². The van der Waals surface area contributed by atoms with E-state index in [-0.39, 0.29) is 0 Å². The van der Waals surface area contributed by atoms with Gasteiger partial charge in [-0.3, -0.25) is 0 Å². The standard InChI is InChI=1S/C42H26N2O/c1-3-12-27(13-4-1)28-22-24-30(25-23-28)40-41(44-37-20-10-9-19-36(37)43-40)34-26-35-39-31(29-14-5-2-6-15-29)18-11-21-38(39)45-42(35)33-17-8-7-16-32(33)34/h1-26H. The van der Waals surface area contributed by atoms with E-state index in [1.807, 2.05) is 30.3 Å². The summed E-state index contributed by atoms with van der Waals surface area (Å²) in [6, 6.07) is 54.8. The molecule has 45 heavy (non-hydrogen) atoms. The molecule has 0 spiro atoms. The quantitative estimate of drug-likeness (QED) is 0.210. The number of fused-ring (bicyclic) bond motifs is 6. The Bertz CT molecular complexity index is 2510. The summed E-state index contributed by atoms with van der Waals surface area (Å²) in [5.41, 5.74) is 11.9. The predicted molar refractivity (Wildman–Crippen MR) is 186 cm³/mol. The Morgan fingerprint density at radius 2 is 0.956 bits per heavy atom. The zero-order valence-corrected chi connectivity index (χ0v) is 24.3. The van der Waals surface area contributed by atoms with Crippen molar-refractivity contribution in [3.05, 3.63) is 158 Å². The Morgan fingerprint density at radius 3 is 1.69 bits per heavy atom. The number of nitrogens with zero attached hydrogens (tertiary/aromatic N) is 2. The van der Waals surface area contributed by atoms with Crippen LogP contribution in [0.25, 0.3) is 88.5 Å². The molecule has 210 valence electrons. The van der Waals surface area contributed by atoms with E-state index in [4.69, 9.17) is 14.4 Å². The van der Waals surface area contributed by atoms with Crippen LogP contribution in [0.2, 0.25) is 0 Å². The van der Waals surface area contributed by atoms with E-state index in [9.17, 15) is 0 Å². The molecule has 2 heterocycles. The van der Waals surface area contributed by atoms with Gasteiger partial charge in [-0.2, -0.15) is 0 Å². The summed E-state index contributed by atoms with van der Waals surface area (Å²) in [5, 5.41) is 4.31. The van der Waals surface area contributed by atoms with Gasteiger partial charge in [0.15, 0.2) is 0 Å². The first-order chi connectivity index (χ1) is 22.3. The van der Waals surface area contributed by atoms with Gasteiger partial charge in [-0.05, 0) is 51.9 Å². The van der Waals surface area contributed by atoms with Crippen LogP contribution in [0.5, 0.6) is 0 Å². The normalized spacial score (nSPS) is 11.6. The van der Waals surface area contributed by atoms with Crippen molar-refractivity contribution in [2.24, 2.45) is 0 Å². The number of hydrogen-bond donors (Lipinski definition) is 0. The first-order valence-corrected chi connectivity index (χ1v) is 15.2. The van der Waals surface area contributed by atoms with Crippen LogP contribution in [0.1, 0.15) is 0 Å². The number of benzene rings is 7. The van der Waals surface area contributed by atoms with Crippen molar-refractivity contribution in [3.8, 4) is 44.8 Å². The molecule has 0 fully saturated rings. The molecule has 0 atom stereocenters. The fourth-order valence-electron chi connectivity index (χ4n) is 6.54. The summed E-state index contributed by atoms with van der Waals surface area (Å²) in [6.07, 6.45) is 0. The number of furan rings is 1. The molecule has 0 unspecified atom stereocenters. The maximum Gasteiger partial charge on any atom is 0.143 e. The molecule has 3 heteroatoms. The minimum atomic E-state index is 0.853. The first-order valence-electron chi connectivity index (χ1n) is 15.2. The lowest BCUT2D eigenvalue weighted by atomic mass is 9.93. The molecule has 0 saturated carbocycles. The summed E-state index contributed by atoms with van der Waals surface area (Å²) in [5.74, 6) is 0. The van der Waals surface area contributed by atoms with Crippen molar-refractivity contribution in [2.75, 3.05) is 0 Å². The molecule has 7 aromatic carbocycles. The van der Waals surface area contributed by atoms with Crippen LogP contribution in [0.15, 0.2) is 162 Å². The van der Waals surface area contributed by atoms with Crippen molar-refractivity contribution in [1.29, 1.82) is 0 Å². The molecule has 0 aliphatic carbocycles. The Hall–Kier alpha value is -6.06. The molecule has 0 N–H and O–H groups in total. The molecule has 9 aromatic rings. The second kappa shape index (κ2) is 10.3. The lowest BCUT2D eigenvalue weighted by molar-refractivity contribution is 0.673. The highest BCUT2D eigenvalue weighted by Gasteiger charge is 2.21. The number of rotatable bonds is 4. The van der Waals surface area contributed by atoms with E-state index in [1.54, 1.807) is 0 Å². The highest BCUT2D eigenvalue weighted by atomic mass is 16.3. The van der Waals surface area contributed by atoms with E-state index in [1.165, 1.54) is 11.1 Å². The van der Waals surface area contributed by atoms with Gasteiger partial charge in [-0.25, -0.2) is 9.97 Å². The Labute approximate surface area is 260 Å². The molecule has 0 aliphatic heterocycles. The van der Waals surface area contributed by atoms with Crippen molar-refractivity contribution in [3.63, 3.8) is 0 Å². The van der Waals surface area contributed by atoms with Crippen LogP contribution in [0.4, 0.5) is 0 Å². The Morgan fingerprint density at radius 1 is 0.378 bits per heavy atom. The topological polar surface area (TPSA) is 38.9 Å². The fraction of sp³-hybridized carbons (Fsp3) is 0. The third kappa shape index (κ3) is 4.21. The number of para-hydroxylation sites is 2. The van der Waals surface area contributed by atoms with Gasteiger partial charge in [0, 0.05) is 27.3 Å². The molecule has 9 rings (SSSR count). The molecule has 0 radical (unpaired) electrons. The van der Waals surface area contributed by atoms with E-state index < -0.39 is 0 Å². The third-order valence-corrected chi connectivity index (χ3v) is 8.68. The Kier molecular flexibility index (Phi) is 5.82. The summed E-state index contributed by atoms with van der Waals surface area (Å²) >= 11 is 0. The molecule has 0 aliphatic rings. The van der Waals surface area contributed by atoms with Crippen molar-refractivity contribution in [1.82, 2.24) is 9.97 Å². The average molecular weight is 575 g/mol. The van der Waals surface area contributed by atoms with Gasteiger partial charge in [-0.15, -0.1) is 0 Å². The van der Waals surface area contributed by atoms with Gasteiger partial charge in [0.05, 0.1) is 22.4 Å². The molecule has 0 bridgehead atoms. The lowest BCUT2D eigenvalue weighted by Crippen LogP contribution is -1.96.